The van der Waals surface area contributed by atoms with Crippen molar-refractivity contribution in [2.24, 2.45) is 5.92 Å². The molecule has 1 N–H and O–H groups in total. The van der Waals surface area contributed by atoms with Crippen molar-refractivity contribution in [1.29, 1.82) is 0 Å². The molecule has 0 spiro atoms. The van der Waals surface area contributed by atoms with E-state index in [1.165, 1.54) is 23.6 Å². The van der Waals surface area contributed by atoms with E-state index in [1.54, 1.807) is 4.90 Å². The van der Waals surface area contributed by atoms with Crippen molar-refractivity contribution in [1.82, 2.24) is 10.1 Å². The zero-order valence-corrected chi connectivity index (χ0v) is 12.6. The first-order chi connectivity index (χ1) is 10.6. The Balaban J connectivity index is 1.61. The van der Waals surface area contributed by atoms with Crippen LogP contribution >= 0.6 is 0 Å². The predicted octanol–water partition coefficient (Wildman–Crippen LogP) is 2.05. The molecular formula is C17H20N2O3. The minimum Gasteiger partial charge on any atom is -0.391 e. The molecule has 22 heavy (non-hydrogen) atoms. The smallest absolute Gasteiger partial charge is 0.258 e. The highest BCUT2D eigenvalue weighted by atomic mass is 16.5. The minimum atomic E-state index is -0.502. The molecule has 1 aliphatic rings. The number of piperidine rings is 1. The largest absolute Gasteiger partial charge is 0.391 e. The maximum atomic E-state index is 12.2. The number of carbonyl (C=O) groups excluding carboxylic acids is 1. The van der Waals surface area contributed by atoms with Gasteiger partial charge >= 0.3 is 0 Å². The number of amides is 1. The van der Waals surface area contributed by atoms with E-state index in [0.717, 1.165) is 12.8 Å². The van der Waals surface area contributed by atoms with Crippen LogP contribution < -0.4 is 0 Å². The summed E-state index contributed by atoms with van der Waals surface area (Å²) in [6.07, 6.45) is 3.89. The number of carbonyl (C=O) groups is 1. The second-order valence-corrected chi connectivity index (χ2v) is 5.97. The lowest BCUT2D eigenvalue weighted by Crippen LogP contribution is -2.47. The van der Waals surface area contributed by atoms with Gasteiger partial charge in [-0.25, -0.2) is 0 Å². The van der Waals surface area contributed by atoms with Crippen molar-refractivity contribution in [2.75, 3.05) is 13.1 Å². The number of aliphatic hydroxyl groups excluding tert-OH is 1. The van der Waals surface area contributed by atoms with Gasteiger partial charge < -0.3 is 14.5 Å². The number of rotatable bonds is 3. The molecule has 0 radical (unpaired) electrons. The van der Waals surface area contributed by atoms with Gasteiger partial charge in [-0.15, -0.1) is 0 Å². The Morgan fingerprint density at radius 3 is 3.05 bits per heavy atom. The summed E-state index contributed by atoms with van der Waals surface area (Å²) in [5, 5.41) is 13.9. The summed E-state index contributed by atoms with van der Waals surface area (Å²) in [6.45, 7) is 3.08. The van der Waals surface area contributed by atoms with Crippen LogP contribution in [0.2, 0.25) is 0 Å². The summed E-state index contributed by atoms with van der Waals surface area (Å²) in [5.41, 5.74) is 2.90. The average molecular weight is 300 g/mol. The molecule has 2 aromatic rings. The maximum absolute atomic E-state index is 12.2. The molecule has 1 aromatic heterocycles. The van der Waals surface area contributed by atoms with Gasteiger partial charge in [-0.3, -0.25) is 4.79 Å². The Bertz CT molecular complexity index is 639. The molecular weight excluding hydrogens is 280 g/mol. The lowest BCUT2D eigenvalue weighted by atomic mass is 9.87. The Hall–Kier alpha value is -2.14. The molecule has 5 nitrogen and oxygen atoms in total. The summed E-state index contributed by atoms with van der Waals surface area (Å²) in [6, 6.07) is 8.36. The van der Waals surface area contributed by atoms with E-state index in [2.05, 4.69) is 30.3 Å². The minimum absolute atomic E-state index is 0.130. The third-order valence-corrected chi connectivity index (χ3v) is 4.27. The Morgan fingerprint density at radius 2 is 2.36 bits per heavy atom. The van der Waals surface area contributed by atoms with Crippen LogP contribution in [0.3, 0.4) is 0 Å². The van der Waals surface area contributed by atoms with Gasteiger partial charge in [0.15, 0.2) is 0 Å². The fourth-order valence-electron chi connectivity index (χ4n) is 3.04. The van der Waals surface area contributed by atoms with Crippen LogP contribution in [-0.2, 0) is 6.42 Å². The highest BCUT2D eigenvalue weighted by molar-refractivity contribution is 5.93. The van der Waals surface area contributed by atoms with Gasteiger partial charge in [-0.1, -0.05) is 35.0 Å². The molecule has 0 saturated carbocycles. The summed E-state index contributed by atoms with van der Waals surface area (Å²) >= 11 is 0. The standard InChI is InChI=1S/C17H20N2O3/c1-12-3-2-4-13(7-12)8-14-5-6-19(10-16(14)20)17(21)15-9-18-22-11-15/h2-4,7,9,11,14,16,20H,5-6,8,10H2,1H3/t14-,16-/m1/s1. The average Bonchev–Trinajstić information content (AvgIpc) is 3.03. The van der Waals surface area contributed by atoms with Crippen molar-refractivity contribution in [3.05, 3.63) is 53.4 Å². The zero-order valence-electron chi connectivity index (χ0n) is 12.6. The summed E-state index contributed by atoms with van der Waals surface area (Å²) in [4.78, 5) is 13.9. The number of hydrogen-bond acceptors (Lipinski definition) is 4. The number of hydrogen-bond donors (Lipinski definition) is 1. The molecule has 3 rings (SSSR count). The normalized spacial score (nSPS) is 21.8. The number of aryl methyl sites for hydroxylation is 1. The van der Waals surface area contributed by atoms with E-state index in [1.807, 2.05) is 6.07 Å². The van der Waals surface area contributed by atoms with Crippen molar-refractivity contribution in [3.63, 3.8) is 0 Å². The SMILES string of the molecule is Cc1cccc(C[C@H]2CCN(C(=O)c3cnoc3)C[C@H]2O)c1. The third-order valence-electron chi connectivity index (χ3n) is 4.27. The van der Waals surface area contributed by atoms with E-state index in [9.17, 15) is 9.90 Å². The lowest BCUT2D eigenvalue weighted by Gasteiger charge is -2.35. The van der Waals surface area contributed by atoms with Crippen LogP contribution in [0.15, 0.2) is 41.2 Å². The van der Waals surface area contributed by atoms with Gasteiger partial charge in [0.25, 0.3) is 5.91 Å². The molecule has 1 amide bonds. The van der Waals surface area contributed by atoms with E-state index in [0.29, 0.717) is 18.7 Å². The molecule has 5 heteroatoms. The second-order valence-electron chi connectivity index (χ2n) is 5.97. The van der Waals surface area contributed by atoms with Crippen LogP contribution in [0.1, 0.15) is 27.9 Å². The third kappa shape index (κ3) is 3.20. The van der Waals surface area contributed by atoms with Gasteiger partial charge in [0.05, 0.1) is 17.9 Å². The number of nitrogens with zero attached hydrogens (tertiary/aromatic N) is 2. The van der Waals surface area contributed by atoms with Crippen LogP contribution in [0.25, 0.3) is 0 Å². The molecule has 2 atom stereocenters. The van der Waals surface area contributed by atoms with E-state index in [-0.39, 0.29) is 11.8 Å². The number of likely N-dealkylation sites (tertiary alicyclic amines) is 1. The van der Waals surface area contributed by atoms with Crippen molar-refractivity contribution >= 4 is 5.91 Å². The highest BCUT2D eigenvalue weighted by Gasteiger charge is 2.31. The van der Waals surface area contributed by atoms with Crippen LogP contribution in [0.4, 0.5) is 0 Å². The lowest BCUT2D eigenvalue weighted by molar-refractivity contribution is 0.0197. The Labute approximate surface area is 129 Å². The maximum Gasteiger partial charge on any atom is 0.258 e. The first-order valence-corrected chi connectivity index (χ1v) is 7.56. The first-order valence-electron chi connectivity index (χ1n) is 7.56. The molecule has 0 aliphatic carbocycles. The molecule has 1 fully saturated rings. The first kappa shape index (κ1) is 14.8. The van der Waals surface area contributed by atoms with E-state index in [4.69, 9.17) is 4.52 Å². The summed E-state index contributed by atoms with van der Waals surface area (Å²) in [5.74, 6) is 0.0580. The van der Waals surface area contributed by atoms with Gasteiger partial charge in [-0.2, -0.15) is 0 Å². The summed E-state index contributed by atoms with van der Waals surface area (Å²) in [7, 11) is 0. The second kappa shape index (κ2) is 6.32. The molecule has 116 valence electrons. The Kier molecular flexibility index (Phi) is 4.24. The fourth-order valence-corrected chi connectivity index (χ4v) is 3.04. The van der Waals surface area contributed by atoms with Gasteiger partial charge in [0.1, 0.15) is 6.26 Å². The van der Waals surface area contributed by atoms with Crippen LogP contribution in [-0.4, -0.2) is 40.3 Å². The topological polar surface area (TPSA) is 66.6 Å². The van der Waals surface area contributed by atoms with Crippen LogP contribution in [0, 0.1) is 12.8 Å². The van der Waals surface area contributed by atoms with Crippen LogP contribution in [0.5, 0.6) is 0 Å². The number of β-amino-alcohol motifs (C(OH)–C–C–N with tert-alkyl or cyclic N) is 1. The molecule has 1 saturated heterocycles. The highest BCUT2D eigenvalue weighted by Crippen LogP contribution is 2.23. The van der Waals surface area contributed by atoms with Gasteiger partial charge in [0, 0.05) is 13.1 Å². The van der Waals surface area contributed by atoms with Gasteiger partial charge in [-0.05, 0) is 31.2 Å². The fraction of sp³-hybridized carbons (Fsp3) is 0.412. The summed E-state index contributed by atoms with van der Waals surface area (Å²) < 4.78 is 4.70. The predicted molar refractivity (Wildman–Crippen MR) is 81.4 cm³/mol. The van der Waals surface area contributed by atoms with Crippen molar-refractivity contribution in [3.8, 4) is 0 Å². The van der Waals surface area contributed by atoms with Gasteiger partial charge in [0.2, 0.25) is 0 Å². The molecule has 1 aromatic carbocycles. The van der Waals surface area contributed by atoms with E-state index >= 15 is 0 Å². The van der Waals surface area contributed by atoms with Crippen molar-refractivity contribution in [2.45, 2.75) is 25.9 Å². The molecule has 0 unspecified atom stereocenters. The number of aromatic nitrogens is 1. The Morgan fingerprint density at radius 1 is 1.50 bits per heavy atom. The zero-order chi connectivity index (χ0) is 15.5. The quantitative estimate of drug-likeness (QED) is 0.942. The number of aliphatic hydroxyl groups is 1. The molecule has 1 aliphatic heterocycles. The monoisotopic (exact) mass is 300 g/mol. The molecule has 0 bridgehead atoms. The van der Waals surface area contributed by atoms with E-state index < -0.39 is 6.10 Å². The molecule has 2 heterocycles. The van der Waals surface area contributed by atoms with Crippen molar-refractivity contribution < 1.29 is 14.4 Å². The number of benzene rings is 1.